The SMILES string of the molecule is CC.N[C@@H]1COCc2cccc(Cl)c21. The Balaban J connectivity index is 0.000000461. The summed E-state index contributed by atoms with van der Waals surface area (Å²) >= 11 is 6.00. The number of fused-ring (bicyclic) bond motifs is 1. The smallest absolute Gasteiger partial charge is 0.0721 e. The minimum atomic E-state index is -0.0672. The molecule has 0 saturated heterocycles. The van der Waals surface area contributed by atoms with E-state index in [-0.39, 0.29) is 6.04 Å². The van der Waals surface area contributed by atoms with Crippen molar-refractivity contribution in [2.45, 2.75) is 26.5 Å². The summed E-state index contributed by atoms with van der Waals surface area (Å²) in [5.41, 5.74) is 8.00. The molecule has 78 valence electrons. The first-order chi connectivity index (χ1) is 6.79. The van der Waals surface area contributed by atoms with Gasteiger partial charge in [0.15, 0.2) is 0 Å². The van der Waals surface area contributed by atoms with Crippen LogP contribution in [0.25, 0.3) is 0 Å². The van der Waals surface area contributed by atoms with Crippen molar-refractivity contribution >= 4 is 11.6 Å². The molecule has 1 aromatic carbocycles. The molecule has 1 aliphatic rings. The highest BCUT2D eigenvalue weighted by molar-refractivity contribution is 6.31. The average Bonchev–Trinajstić information content (AvgIpc) is 2.21. The molecular formula is C11H16ClNO. The van der Waals surface area contributed by atoms with Crippen LogP contribution in [-0.4, -0.2) is 6.61 Å². The molecule has 0 amide bonds. The highest BCUT2D eigenvalue weighted by Gasteiger charge is 2.19. The largest absolute Gasteiger partial charge is 0.375 e. The monoisotopic (exact) mass is 213 g/mol. The fourth-order valence-corrected chi connectivity index (χ4v) is 1.84. The minimum Gasteiger partial charge on any atom is -0.375 e. The lowest BCUT2D eigenvalue weighted by Crippen LogP contribution is -2.23. The highest BCUT2D eigenvalue weighted by atomic mass is 35.5. The number of halogens is 1. The first-order valence-corrected chi connectivity index (χ1v) is 5.27. The van der Waals surface area contributed by atoms with Crippen LogP contribution in [0.1, 0.15) is 31.0 Å². The topological polar surface area (TPSA) is 35.2 Å². The van der Waals surface area contributed by atoms with E-state index >= 15 is 0 Å². The van der Waals surface area contributed by atoms with Gasteiger partial charge < -0.3 is 10.5 Å². The number of benzene rings is 1. The van der Waals surface area contributed by atoms with Crippen molar-refractivity contribution in [3.8, 4) is 0 Å². The summed E-state index contributed by atoms with van der Waals surface area (Å²) in [5.74, 6) is 0. The van der Waals surface area contributed by atoms with Crippen LogP contribution in [0.15, 0.2) is 18.2 Å². The van der Waals surface area contributed by atoms with Gasteiger partial charge in [-0.25, -0.2) is 0 Å². The molecule has 0 radical (unpaired) electrons. The lowest BCUT2D eigenvalue weighted by molar-refractivity contribution is 0.0924. The van der Waals surface area contributed by atoms with Crippen LogP contribution in [0.5, 0.6) is 0 Å². The van der Waals surface area contributed by atoms with Crippen LogP contribution in [0, 0.1) is 0 Å². The van der Waals surface area contributed by atoms with Gasteiger partial charge >= 0.3 is 0 Å². The average molecular weight is 214 g/mol. The summed E-state index contributed by atoms with van der Waals surface area (Å²) in [4.78, 5) is 0. The summed E-state index contributed by atoms with van der Waals surface area (Å²) in [7, 11) is 0. The maximum Gasteiger partial charge on any atom is 0.0721 e. The Morgan fingerprint density at radius 2 is 2.14 bits per heavy atom. The third-order valence-electron chi connectivity index (χ3n) is 2.07. The van der Waals surface area contributed by atoms with E-state index in [1.165, 1.54) is 0 Å². The van der Waals surface area contributed by atoms with Crippen LogP contribution in [0.2, 0.25) is 5.02 Å². The number of hydrogen-bond acceptors (Lipinski definition) is 2. The number of nitrogens with two attached hydrogens (primary N) is 1. The molecule has 0 fully saturated rings. The van der Waals surface area contributed by atoms with Crippen LogP contribution in [0.3, 0.4) is 0 Å². The molecule has 0 unspecified atom stereocenters. The predicted octanol–water partition coefficient (Wildman–Crippen LogP) is 2.90. The molecule has 2 nitrogen and oxygen atoms in total. The number of hydrogen-bond donors (Lipinski definition) is 1. The second-order valence-electron chi connectivity index (χ2n) is 2.93. The van der Waals surface area contributed by atoms with E-state index in [2.05, 4.69) is 0 Å². The number of ether oxygens (including phenoxy) is 1. The van der Waals surface area contributed by atoms with Gasteiger partial charge in [0.05, 0.1) is 19.3 Å². The van der Waals surface area contributed by atoms with Gasteiger partial charge in [-0.2, -0.15) is 0 Å². The van der Waals surface area contributed by atoms with Crippen molar-refractivity contribution in [3.05, 3.63) is 34.3 Å². The van der Waals surface area contributed by atoms with E-state index in [0.29, 0.717) is 13.2 Å². The first-order valence-electron chi connectivity index (χ1n) is 4.89. The molecular weight excluding hydrogens is 198 g/mol. The number of rotatable bonds is 0. The molecule has 0 spiro atoms. The van der Waals surface area contributed by atoms with Gasteiger partial charge in [-0.1, -0.05) is 37.6 Å². The van der Waals surface area contributed by atoms with Crippen molar-refractivity contribution in [2.24, 2.45) is 5.73 Å². The Labute approximate surface area is 90.0 Å². The maximum atomic E-state index is 6.00. The Bertz CT molecular complexity index is 301. The van der Waals surface area contributed by atoms with Crippen molar-refractivity contribution in [3.63, 3.8) is 0 Å². The molecule has 0 aromatic heterocycles. The van der Waals surface area contributed by atoms with E-state index in [9.17, 15) is 0 Å². The van der Waals surface area contributed by atoms with Gasteiger partial charge in [-0.05, 0) is 17.2 Å². The van der Waals surface area contributed by atoms with Gasteiger partial charge in [0.25, 0.3) is 0 Å². The maximum absolute atomic E-state index is 6.00. The van der Waals surface area contributed by atoms with Crippen molar-refractivity contribution in [1.82, 2.24) is 0 Å². The first kappa shape index (κ1) is 11.5. The van der Waals surface area contributed by atoms with Crippen LogP contribution >= 0.6 is 11.6 Å². The van der Waals surface area contributed by atoms with Crippen LogP contribution in [0.4, 0.5) is 0 Å². The summed E-state index contributed by atoms with van der Waals surface area (Å²) in [5, 5.41) is 0.753. The highest BCUT2D eigenvalue weighted by Crippen LogP contribution is 2.29. The standard InChI is InChI=1S/C9H10ClNO.C2H6/c10-7-3-1-2-6-4-12-5-8(11)9(6)7;1-2/h1-3,8H,4-5,11H2;1-2H3/t8-;/m1./s1. The van der Waals surface area contributed by atoms with Crippen LogP contribution < -0.4 is 5.73 Å². The van der Waals surface area contributed by atoms with Gasteiger partial charge in [0, 0.05) is 5.02 Å². The molecule has 1 aliphatic heterocycles. The second-order valence-corrected chi connectivity index (χ2v) is 3.34. The molecule has 1 heterocycles. The van der Waals surface area contributed by atoms with E-state index in [0.717, 1.165) is 16.1 Å². The van der Waals surface area contributed by atoms with E-state index in [1.54, 1.807) is 0 Å². The molecule has 0 bridgehead atoms. The third kappa shape index (κ3) is 2.27. The Kier molecular flexibility index (Phi) is 4.39. The van der Waals surface area contributed by atoms with Gasteiger partial charge in [0.1, 0.15) is 0 Å². The molecule has 14 heavy (non-hydrogen) atoms. The second kappa shape index (κ2) is 5.35. The summed E-state index contributed by atoms with van der Waals surface area (Å²) < 4.78 is 5.28. The molecule has 1 atom stereocenters. The third-order valence-corrected chi connectivity index (χ3v) is 2.40. The summed E-state index contributed by atoms with van der Waals surface area (Å²) in [6, 6.07) is 5.72. The van der Waals surface area contributed by atoms with Crippen molar-refractivity contribution in [2.75, 3.05) is 6.61 Å². The Morgan fingerprint density at radius 1 is 1.43 bits per heavy atom. The van der Waals surface area contributed by atoms with E-state index in [1.807, 2.05) is 32.0 Å². The van der Waals surface area contributed by atoms with Crippen LogP contribution in [-0.2, 0) is 11.3 Å². The molecule has 2 N–H and O–H groups in total. The Morgan fingerprint density at radius 3 is 2.79 bits per heavy atom. The lowest BCUT2D eigenvalue weighted by Gasteiger charge is -2.23. The molecule has 3 heteroatoms. The van der Waals surface area contributed by atoms with Crippen molar-refractivity contribution < 1.29 is 4.74 Å². The zero-order valence-corrected chi connectivity index (χ0v) is 9.34. The van der Waals surface area contributed by atoms with E-state index in [4.69, 9.17) is 22.1 Å². The molecule has 1 aromatic rings. The normalized spacial score (nSPS) is 19.3. The summed E-state index contributed by atoms with van der Waals surface area (Å²) in [6.45, 7) is 5.19. The molecule has 0 saturated carbocycles. The molecule has 2 rings (SSSR count). The quantitative estimate of drug-likeness (QED) is 0.719. The predicted molar refractivity (Wildman–Crippen MR) is 59.4 cm³/mol. The zero-order valence-electron chi connectivity index (χ0n) is 8.59. The zero-order chi connectivity index (χ0) is 10.6. The van der Waals surface area contributed by atoms with Gasteiger partial charge in [-0.15, -0.1) is 0 Å². The fraction of sp³-hybridized carbons (Fsp3) is 0.455. The summed E-state index contributed by atoms with van der Waals surface area (Å²) in [6.07, 6.45) is 0. The minimum absolute atomic E-state index is 0.0672. The van der Waals surface area contributed by atoms with Gasteiger partial charge in [0.2, 0.25) is 0 Å². The van der Waals surface area contributed by atoms with Gasteiger partial charge in [-0.3, -0.25) is 0 Å². The van der Waals surface area contributed by atoms with E-state index < -0.39 is 0 Å². The molecule has 0 aliphatic carbocycles. The Hall–Kier alpha value is -0.570. The fourth-order valence-electron chi connectivity index (χ4n) is 1.50. The lowest BCUT2D eigenvalue weighted by atomic mass is 10.00. The van der Waals surface area contributed by atoms with Crippen molar-refractivity contribution in [1.29, 1.82) is 0 Å².